The summed E-state index contributed by atoms with van der Waals surface area (Å²) in [6, 6.07) is 6.92. The SMILES string of the molecule is CN(CC(=O)Nc1ccccc1Cl)C(=O)CSc1nnc(C2CC2)n1N. The van der Waals surface area contributed by atoms with Crippen molar-refractivity contribution in [3.05, 3.63) is 35.1 Å². The maximum absolute atomic E-state index is 12.2. The number of hydrogen-bond donors (Lipinski definition) is 2. The summed E-state index contributed by atoms with van der Waals surface area (Å²) in [5.41, 5.74) is 0.512. The number of nitrogens with one attached hydrogen (secondary N) is 1. The van der Waals surface area contributed by atoms with Crippen LogP contribution in [-0.4, -0.2) is 50.9 Å². The summed E-state index contributed by atoms with van der Waals surface area (Å²) in [5.74, 6) is 6.69. The first-order valence-electron chi connectivity index (χ1n) is 8.07. The van der Waals surface area contributed by atoms with E-state index in [0.717, 1.165) is 18.7 Å². The molecule has 0 bridgehead atoms. The molecular formula is C16H19ClN6O2S. The van der Waals surface area contributed by atoms with Gasteiger partial charge >= 0.3 is 0 Å². The number of likely N-dealkylation sites (N-methyl/N-ethyl adjacent to an activating group) is 1. The minimum absolute atomic E-state index is 0.0761. The number of halogens is 1. The molecule has 1 saturated carbocycles. The van der Waals surface area contributed by atoms with Crippen LogP contribution in [0, 0.1) is 0 Å². The van der Waals surface area contributed by atoms with Crippen molar-refractivity contribution in [2.24, 2.45) is 0 Å². The molecule has 2 amide bonds. The summed E-state index contributed by atoms with van der Waals surface area (Å²) in [5, 5.41) is 11.7. The van der Waals surface area contributed by atoms with E-state index in [-0.39, 0.29) is 24.1 Å². The molecule has 1 aromatic carbocycles. The molecule has 26 heavy (non-hydrogen) atoms. The van der Waals surface area contributed by atoms with Gasteiger partial charge in [0.15, 0.2) is 5.82 Å². The fourth-order valence-corrected chi connectivity index (χ4v) is 3.29. The molecule has 2 aromatic rings. The lowest BCUT2D eigenvalue weighted by molar-refractivity contribution is -0.131. The third-order valence-corrected chi connectivity index (χ3v) is 5.17. The Morgan fingerprint density at radius 2 is 2.12 bits per heavy atom. The molecule has 8 nitrogen and oxygen atoms in total. The Hall–Kier alpha value is -2.26. The molecule has 0 radical (unpaired) electrons. The predicted molar refractivity (Wildman–Crippen MR) is 101 cm³/mol. The highest BCUT2D eigenvalue weighted by Gasteiger charge is 2.30. The van der Waals surface area contributed by atoms with E-state index in [1.165, 1.54) is 21.3 Å². The second-order valence-electron chi connectivity index (χ2n) is 6.05. The number of hydrogen-bond acceptors (Lipinski definition) is 6. The molecule has 10 heteroatoms. The Bertz CT molecular complexity index is 823. The lowest BCUT2D eigenvalue weighted by atomic mass is 10.3. The van der Waals surface area contributed by atoms with Gasteiger partial charge in [0.05, 0.1) is 23.0 Å². The molecule has 0 aliphatic heterocycles. The van der Waals surface area contributed by atoms with E-state index in [2.05, 4.69) is 15.5 Å². The van der Waals surface area contributed by atoms with Gasteiger partial charge in [0.25, 0.3) is 0 Å². The highest BCUT2D eigenvalue weighted by atomic mass is 35.5. The van der Waals surface area contributed by atoms with Crippen LogP contribution >= 0.6 is 23.4 Å². The first-order valence-corrected chi connectivity index (χ1v) is 9.43. The molecule has 1 heterocycles. The van der Waals surface area contributed by atoms with E-state index in [1.807, 2.05) is 0 Å². The Morgan fingerprint density at radius 3 is 2.81 bits per heavy atom. The zero-order valence-electron chi connectivity index (χ0n) is 14.2. The number of amides is 2. The summed E-state index contributed by atoms with van der Waals surface area (Å²) in [6.45, 7) is -0.0761. The van der Waals surface area contributed by atoms with Crippen molar-refractivity contribution in [2.75, 3.05) is 30.5 Å². The van der Waals surface area contributed by atoms with Gasteiger partial charge in [0.2, 0.25) is 17.0 Å². The maximum Gasteiger partial charge on any atom is 0.244 e. The second kappa shape index (κ2) is 7.96. The van der Waals surface area contributed by atoms with Crippen molar-refractivity contribution in [1.82, 2.24) is 19.8 Å². The van der Waals surface area contributed by atoms with Crippen molar-refractivity contribution >= 4 is 40.9 Å². The number of benzene rings is 1. The molecule has 1 aliphatic rings. The van der Waals surface area contributed by atoms with Crippen LogP contribution in [0.2, 0.25) is 5.02 Å². The fraction of sp³-hybridized carbons (Fsp3) is 0.375. The minimum atomic E-state index is -0.322. The van der Waals surface area contributed by atoms with E-state index >= 15 is 0 Å². The molecule has 1 aromatic heterocycles. The normalized spacial score (nSPS) is 13.5. The van der Waals surface area contributed by atoms with Crippen LogP contribution in [0.3, 0.4) is 0 Å². The van der Waals surface area contributed by atoms with Gasteiger partial charge in [-0.1, -0.05) is 35.5 Å². The predicted octanol–water partition coefficient (Wildman–Crippen LogP) is 1.71. The molecular weight excluding hydrogens is 376 g/mol. The van der Waals surface area contributed by atoms with Crippen LogP contribution in [0.5, 0.6) is 0 Å². The zero-order valence-corrected chi connectivity index (χ0v) is 15.8. The summed E-state index contributed by atoms with van der Waals surface area (Å²) in [7, 11) is 1.57. The number of thioether (sulfide) groups is 1. The van der Waals surface area contributed by atoms with Gasteiger partial charge in [-0.25, -0.2) is 4.68 Å². The van der Waals surface area contributed by atoms with E-state index in [0.29, 0.717) is 21.8 Å². The van der Waals surface area contributed by atoms with Crippen LogP contribution in [0.1, 0.15) is 24.6 Å². The first kappa shape index (κ1) is 18.5. The quantitative estimate of drug-likeness (QED) is 0.547. The van der Waals surface area contributed by atoms with Gasteiger partial charge in [-0.2, -0.15) is 0 Å². The molecule has 0 atom stereocenters. The smallest absolute Gasteiger partial charge is 0.244 e. The fourth-order valence-electron chi connectivity index (χ4n) is 2.30. The van der Waals surface area contributed by atoms with E-state index in [1.54, 1.807) is 31.3 Å². The molecule has 3 rings (SSSR count). The number of carbonyl (C=O) groups excluding carboxylic acids is 2. The van der Waals surface area contributed by atoms with Crippen molar-refractivity contribution in [3.63, 3.8) is 0 Å². The number of para-hydroxylation sites is 1. The van der Waals surface area contributed by atoms with Gasteiger partial charge in [-0.15, -0.1) is 10.2 Å². The third-order valence-electron chi connectivity index (χ3n) is 3.91. The Kier molecular flexibility index (Phi) is 5.67. The number of nitrogen functional groups attached to an aromatic ring is 1. The van der Waals surface area contributed by atoms with Gasteiger partial charge in [-0.3, -0.25) is 9.59 Å². The van der Waals surface area contributed by atoms with Crippen LogP contribution in [0.15, 0.2) is 29.4 Å². The topological polar surface area (TPSA) is 106 Å². The monoisotopic (exact) mass is 394 g/mol. The Labute approximate surface area is 160 Å². The summed E-state index contributed by atoms with van der Waals surface area (Å²) >= 11 is 7.21. The van der Waals surface area contributed by atoms with Gasteiger partial charge in [0, 0.05) is 13.0 Å². The number of nitrogens with two attached hydrogens (primary N) is 1. The Morgan fingerprint density at radius 1 is 1.38 bits per heavy atom. The average molecular weight is 395 g/mol. The molecule has 1 fully saturated rings. The molecule has 0 spiro atoms. The first-order chi connectivity index (χ1) is 12.5. The molecule has 0 saturated heterocycles. The van der Waals surface area contributed by atoms with E-state index in [9.17, 15) is 9.59 Å². The Balaban J connectivity index is 1.48. The number of carbonyl (C=O) groups is 2. The summed E-state index contributed by atoms with van der Waals surface area (Å²) in [4.78, 5) is 25.7. The van der Waals surface area contributed by atoms with Gasteiger partial charge in [-0.05, 0) is 25.0 Å². The second-order valence-corrected chi connectivity index (χ2v) is 7.40. The van der Waals surface area contributed by atoms with Crippen molar-refractivity contribution in [2.45, 2.75) is 23.9 Å². The van der Waals surface area contributed by atoms with Gasteiger partial charge < -0.3 is 16.1 Å². The van der Waals surface area contributed by atoms with Crippen LogP contribution in [-0.2, 0) is 9.59 Å². The van der Waals surface area contributed by atoms with Gasteiger partial charge in [0.1, 0.15) is 0 Å². The maximum atomic E-state index is 12.2. The van der Waals surface area contributed by atoms with Crippen LogP contribution in [0.4, 0.5) is 5.69 Å². The molecule has 138 valence electrons. The largest absolute Gasteiger partial charge is 0.336 e. The zero-order chi connectivity index (χ0) is 18.7. The number of aromatic nitrogens is 3. The molecule has 0 unspecified atom stereocenters. The standard InChI is InChI=1S/C16H19ClN6O2S/c1-22(8-13(24)19-12-5-3-2-4-11(12)17)14(25)9-26-16-21-20-15(23(16)18)10-6-7-10/h2-5,10H,6-9,18H2,1H3,(H,19,24). The highest BCUT2D eigenvalue weighted by molar-refractivity contribution is 7.99. The number of anilines is 1. The van der Waals surface area contributed by atoms with E-state index in [4.69, 9.17) is 17.4 Å². The number of nitrogens with zero attached hydrogens (tertiary/aromatic N) is 4. The lowest BCUT2D eigenvalue weighted by Gasteiger charge is -2.16. The third kappa shape index (κ3) is 4.47. The van der Waals surface area contributed by atoms with Crippen LogP contribution < -0.4 is 11.2 Å². The number of rotatable bonds is 7. The summed E-state index contributed by atoms with van der Waals surface area (Å²) in [6.07, 6.45) is 2.14. The lowest BCUT2D eigenvalue weighted by Crippen LogP contribution is -2.36. The van der Waals surface area contributed by atoms with Crippen molar-refractivity contribution in [3.8, 4) is 0 Å². The van der Waals surface area contributed by atoms with E-state index < -0.39 is 0 Å². The molecule has 3 N–H and O–H groups in total. The highest BCUT2D eigenvalue weighted by Crippen LogP contribution is 2.39. The van der Waals surface area contributed by atoms with Crippen molar-refractivity contribution in [1.29, 1.82) is 0 Å². The molecule has 1 aliphatic carbocycles. The van der Waals surface area contributed by atoms with Crippen LogP contribution in [0.25, 0.3) is 0 Å². The van der Waals surface area contributed by atoms with Crippen molar-refractivity contribution < 1.29 is 9.59 Å². The average Bonchev–Trinajstić information content (AvgIpc) is 3.38. The minimum Gasteiger partial charge on any atom is -0.336 e. The summed E-state index contributed by atoms with van der Waals surface area (Å²) < 4.78 is 1.44.